The molecular weight excluding hydrogens is 288 g/mol. The van der Waals surface area contributed by atoms with E-state index in [1.807, 2.05) is 23.5 Å². The number of hydrogen-bond acceptors (Lipinski definition) is 6. The molecule has 0 saturated heterocycles. The van der Waals surface area contributed by atoms with Gasteiger partial charge in [-0.25, -0.2) is 0 Å². The van der Waals surface area contributed by atoms with Gasteiger partial charge in [0, 0.05) is 0 Å². The van der Waals surface area contributed by atoms with Crippen molar-refractivity contribution in [2.75, 3.05) is 11.5 Å². The van der Waals surface area contributed by atoms with E-state index in [0.717, 1.165) is 0 Å². The predicted octanol–water partition coefficient (Wildman–Crippen LogP) is 3.85. The van der Waals surface area contributed by atoms with Crippen molar-refractivity contribution in [3.8, 4) is 0 Å². The van der Waals surface area contributed by atoms with Crippen LogP contribution in [-0.4, -0.2) is 11.5 Å². The molecule has 0 aromatic carbocycles. The minimum atomic E-state index is 0.698. The van der Waals surface area contributed by atoms with Crippen LogP contribution in [0.3, 0.4) is 0 Å². The molecule has 0 radical (unpaired) electrons. The van der Waals surface area contributed by atoms with Crippen molar-refractivity contribution in [3.05, 3.63) is 29.1 Å². The van der Waals surface area contributed by atoms with Crippen LogP contribution in [0.4, 0.5) is 0 Å². The lowest BCUT2D eigenvalue weighted by Gasteiger charge is -2.08. The maximum atomic E-state index is 5.09. The molecule has 0 amide bonds. The third-order valence-electron chi connectivity index (χ3n) is 1.58. The molecule has 0 aliphatic carbocycles. The highest BCUT2D eigenvalue weighted by molar-refractivity contribution is 8.33. The van der Waals surface area contributed by atoms with Crippen LogP contribution in [-0.2, 0) is 25.3 Å². The van der Waals surface area contributed by atoms with Crippen LogP contribution in [0.1, 0.15) is 0 Å². The second kappa shape index (κ2) is 5.59. The third kappa shape index (κ3) is 2.52. The van der Waals surface area contributed by atoms with Gasteiger partial charge in [0.1, 0.15) is 0 Å². The van der Waals surface area contributed by atoms with Crippen molar-refractivity contribution in [1.82, 2.24) is 0 Å². The van der Waals surface area contributed by atoms with Gasteiger partial charge >= 0.3 is 0 Å². The summed E-state index contributed by atoms with van der Waals surface area (Å²) in [6, 6.07) is 0. The smallest absolute Gasteiger partial charge is 0.0698 e. The molecule has 0 N–H and O–H groups in total. The average Bonchev–Trinajstić information content (AvgIpc) is 2.85. The maximum Gasteiger partial charge on any atom is 0.0698 e. The number of thioether (sulfide) groups is 4. The first kappa shape index (κ1) is 11.8. The molecule has 2 rings (SSSR count). The van der Waals surface area contributed by atoms with Gasteiger partial charge in [-0.1, -0.05) is 47.0 Å². The Morgan fingerprint density at radius 3 is 1.79 bits per heavy atom. The van der Waals surface area contributed by atoms with E-state index >= 15 is 0 Å². The van der Waals surface area contributed by atoms with Crippen molar-refractivity contribution < 1.29 is 0 Å². The van der Waals surface area contributed by atoms with Gasteiger partial charge in [0.25, 0.3) is 0 Å². The van der Waals surface area contributed by atoms with Gasteiger partial charge in [-0.2, -0.15) is 0 Å². The van der Waals surface area contributed by atoms with Crippen LogP contribution in [0.2, 0.25) is 0 Å². The molecular formula is C8H6S6-2. The van der Waals surface area contributed by atoms with Crippen LogP contribution >= 0.6 is 47.0 Å². The van der Waals surface area contributed by atoms with E-state index < -0.39 is 0 Å². The molecule has 0 fully saturated rings. The van der Waals surface area contributed by atoms with Crippen LogP contribution in [0, 0.1) is 0 Å². The van der Waals surface area contributed by atoms with Crippen molar-refractivity contribution in [3.63, 3.8) is 0 Å². The molecule has 0 spiro atoms. The molecule has 0 aromatic rings. The van der Waals surface area contributed by atoms with Crippen LogP contribution in [0.5, 0.6) is 0 Å². The topological polar surface area (TPSA) is 0 Å². The number of rotatable bonds is 2. The summed E-state index contributed by atoms with van der Waals surface area (Å²) in [7, 11) is 0. The van der Waals surface area contributed by atoms with Crippen molar-refractivity contribution in [2.24, 2.45) is 0 Å². The van der Waals surface area contributed by atoms with Crippen molar-refractivity contribution in [1.29, 1.82) is 0 Å². The van der Waals surface area contributed by atoms with Gasteiger partial charge in [-0.15, -0.1) is 11.5 Å². The van der Waals surface area contributed by atoms with E-state index in [1.54, 1.807) is 23.5 Å². The van der Waals surface area contributed by atoms with E-state index in [-0.39, 0.29) is 0 Å². The zero-order valence-corrected chi connectivity index (χ0v) is 11.9. The van der Waals surface area contributed by atoms with E-state index in [9.17, 15) is 0 Å². The van der Waals surface area contributed by atoms with Gasteiger partial charge in [-0.05, 0) is 20.6 Å². The summed E-state index contributed by atoms with van der Waals surface area (Å²) in [6.07, 6.45) is 0. The molecule has 0 nitrogen and oxygen atoms in total. The Kier molecular flexibility index (Phi) is 4.71. The van der Waals surface area contributed by atoms with Gasteiger partial charge in [0.15, 0.2) is 0 Å². The zero-order valence-electron chi connectivity index (χ0n) is 7.02. The normalized spacial score (nSPS) is 21.6. The standard InChI is InChI=1S/C8H8S6/c9-3-5-6(4-10)14-8(13-5)7-11-1-2-12-7/h1-2,9-10H,3-4H2/p-2. The molecule has 6 heteroatoms. The Morgan fingerprint density at radius 1 is 0.857 bits per heavy atom. The highest BCUT2D eigenvalue weighted by Gasteiger charge is 2.20. The molecule has 76 valence electrons. The zero-order chi connectivity index (χ0) is 9.97. The van der Waals surface area contributed by atoms with Gasteiger partial charge < -0.3 is 25.3 Å². The molecule has 0 unspecified atom stereocenters. The first-order chi connectivity index (χ1) is 6.85. The monoisotopic (exact) mass is 294 g/mol. The fourth-order valence-corrected chi connectivity index (χ4v) is 6.49. The van der Waals surface area contributed by atoms with Crippen LogP contribution < -0.4 is 0 Å². The summed E-state index contributed by atoms with van der Waals surface area (Å²) in [4.78, 5) is 2.58. The Hall–Kier alpha value is 1.32. The first-order valence-electron chi connectivity index (χ1n) is 3.81. The lowest BCUT2D eigenvalue weighted by atomic mass is 10.6. The third-order valence-corrected chi connectivity index (χ3v) is 7.85. The summed E-state index contributed by atoms with van der Waals surface area (Å²) < 4.78 is 2.74. The molecule has 0 bridgehead atoms. The molecule has 2 aliphatic heterocycles. The predicted molar refractivity (Wildman–Crippen MR) is 78.0 cm³/mol. The minimum Gasteiger partial charge on any atom is -0.787 e. The Morgan fingerprint density at radius 2 is 1.36 bits per heavy atom. The van der Waals surface area contributed by atoms with E-state index in [0.29, 0.717) is 11.5 Å². The average molecular weight is 295 g/mol. The van der Waals surface area contributed by atoms with Crippen LogP contribution in [0.15, 0.2) is 29.1 Å². The summed E-state index contributed by atoms with van der Waals surface area (Å²) in [5.74, 6) is 1.40. The molecule has 0 atom stereocenters. The van der Waals surface area contributed by atoms with E-state index in [4.69, 9.17) is 25.3 Å². The number of hydrogen-bond donors (Lipinski definition) is 0. The Balaban J connectivity index is 2.14. The van der Waals surface area contributed by atoms with Gasteiger partial charge in [0.05, 0.1) is 8.47 Å². The fourth-order valence-electron chi connectivity index (χ4n) is 0.965. The molecule has 2 aliphatic rings. The molecule has 14 heavy (non-hydrogen) atoms. The van der Waals surface area contributed by atoms with Gasteiger partial charge in [0.2, 0.25) is 0 Å². The SMILES string of the molecule is [S-]CC1=C(C[S-])SC(=C2SC=CS2)S1. The minimum absolute atomic E-state index is 0.698. The highest BCUT2D eigenvalue weighted by Crippen LogP contribution is 2.55. The quantitative estimate of drug-likeness (QED) is 0.704. The summed E-state index contributed by atoms with van der Waals surface area (Å²) >= 11 is 17.4. The first-order valence-corrected chi connectivity index (χ1v) is 8.36. The second-order valence-electron chi connectivity index (χ2n) is 2.42. The summed E-state index contributed by atoms with van der Waals surface area (Å²) in [6.45, 7) is 0. The fraction of sp³-hybridized carbons (Fsp3) is 0.250. The summed E-state index contributed by atoms with van der Waals surface area (Å²) in [5.41, 5.74) is 0. The van der Waals surface area contributed by atoms with Crippen molar-refractivity contribution >= 4 is 72.3 Å². The molecule has 2 heterocycles. The van der Waals surface area contributed by atoms with Crippen LogP contribution in [0.25, 0.3) is 0 Å². The molecule has 0 saturated carbocycles. The lowest BCUT2D eigenvalue weighted by molar-refractivity contribution is 1.61. The lowest BCUT2D eigenvalue weighted by Crippen LogP contribution is -1.85. The Bertz CT molecular complexity index is 299. The highest BCUT2D eigenvalue weighted by atomic mass is 32.2. The second-order valence-corrected chi connectivity index (χ2v) is 7.56. The maximum absolute atomic E-state index is 5.09. The molecule has 0 aromatic heterocycles. The van der Waals surface area contributed by atoms with Gasteiger partial charge in [-0.3, -0.25) is 0 Å². The summed E-state index contributed by atoms with van der Waals surface area (Å²) in [5, 5.41) is 4.24. The van der Waals surface area contributed by atoms with Crippen molar-refractivity contribution in [2.45, 2.75) is 0 Å². The largest absolute Gasteiger partial charge is 0.787 e. The Labute approximate surface area is 112 Å². The van der Waals surface area contributed by atoms with E-state index in [1.165, 1.54) is 18.3 Å². The van der Waals surface area contributed by atoms with E-state index in [2.05, 4.69) is 10.8 Å².